The van der Waals surface area contributed by atoms with E-state index in [9.17, 15) is 4.39 Å². The first kappa shape index (κ1) is 18.7. The van der Waals surface area contributed by atoms with E-state index < -0.39 is 0 Å². The number of hydrogen-bond donors (Lipinski definition) is 1. The summed E-state index contributed by atoms with van der Waals surface area (Å²) in [6.45, 7) is 2.71. The molecule has 1 N–H and O–H groups in total. The molecule has 26 heavy (non-hydrogen) atoms. The third-order valence-corrected chi connectivity index (χ3v) is 4.92. The molecule has 0 aromatic heterocycles. The smallest absolute Gasteiger partial charge is 0.129 e. The summed E-state index contributed by atoms with van der Waals surface area (Å²) in [4.78, 5) is 0. The summed E-state index contributed by atoms with van der Waals surface area (Å²) in [6.07, 6.45) is 0. The van der Waals surface area contributed by atoms with Crippen LogP contribution in [-0.4, -0.2) is 0 Å². The Kier molecular flexibility index (Phi) is 6.17. The molecule has 0 fully saturated rings. The van der Waals surface area contributed by atoms with Crippen molar-refractivity contribution in [3.05, 3.63) is 92.7 Å². The highest BCUT2D eigenvalue weighted by Gasteiger charge is 2.08. The van der Waals surface area contributed by atoms with Gasteiger partial charge in [-0.2, -0.15) is 0 Å². The number of benzene rings is 3. The van der Waals surface area contributed by atoms with Gasteiger partial charge in [0.05, 0.1) is 0 Å². The van der Waals surface area contributed by atoms with Crippen LogP contribution in [0.4, 0.5) is 10.1 Å². The van der Waals surface area contributed by atoms with Crippen molar-refractivity contribution in [1.82, 2.24) is 0 Å². The van der Waals surface area contributed by atoms with Crippen LogP contribution < -0.4 is 10.1 Å². The molecule has 0 aliphatic rings. The monoisotopic (exact) mass is 433 g/mol. The van der Waals surface area contributed by atoms with Crippen molar-refractivity contribution in [1.29, 1.82) is 0 Å². The lowest BCUT2D eigenvalue weighted by molar-refractivity contribution is 0.297. The molecular weight excluding hydrogens is 417 g/mol. The van der Waals surface area contributed by atoms with Gasteiger partial charge in [-0.15, -0.1) is 0 Å². The van der Waals surface area contributed by atoms with Crippen LogP contribution in [-0.2, 0) is 13.2 Å². The third-order valence-electron chi connectivity index (χ3n) is 4.02. The topological polar surface area (TPSA) is 21.3 Å². The van der Waals surface area contributed by atoms with Crippen molar-refractivity contribution in [2.24, 2.45) is 0 Å². The first-order valence-electron chi connectivity index (χ1n) is 8.17. The van der Waals surface area contributed by atoms with E-state index in [-0.39, 0.29) is 12.4 Å². The average molecular weight is 435 g/mol. The van der Waals surface area contributed by atoms with Gasteiger partial charge in [-0.25, -0.2) is 4.39 Å². The quantitative estimate of drug-likeness (QED) is 0.464. The fraction of sp³-hybridized carbons (Fsp3) is 0.143. The van der Waals surface area contributed by atoms with Gasteiger partial charge in [0, 0.05) is 32.9 Å². The maximum Gasteiger partial charge on any atom is 0.129 e. The Bertz CT molecular complexity index is 916. The van der Waals surface area contributed by atoms with Gasteiger partial charge < -0.3 is 10.1 Å². The van der Waals surface area contributed by atoms with Crippen molar-refractivity contribution < 1.29 is 9.13 Å². The molecule has 0 bridgehead atoms. The number of halogens is 3. The predicted octanol–water partition coefficient (Wildman–Crippen LogP) is 6.74. The molecule has 134 valence electrons. The van der Waals surface area contributed by atoms with Gasteiger partial charge in [0.1, 0.15) is 18.2 Å². The molecule has 0 atom stereocenters. The lowest BCUT2D eigenvalue weighted by Gasteiger charge is -2.14. The minimum Gasteiger partial charge on any atom is -0.488 e. The van der Waals surface area contributed by atoms with E-state index >= 15 is 0 Å². The number of aryl methyl sites for hydroxylation is 1. The van der Waals surface area contributed by atoms with Gasteiger partial charge >= 0.3 is 0 Å². The van der Waals surface area contributed by atoms with E-state index in [0.717, 1.165) is 26.3 Å². The zero-order valence-electron chi connectivity index (χ0n) is 14.2. The number of hydrogen-bond acceptors (Lipinski definition) is 2. The molecule has 2 nitrogen and oxygen atoms in total. The molecule has 3 aromatic rings. The maximum absolute atomic E-state index is 13.8. The molecular formula is C21H18BrClFNO. The Morgan fingerprint density at radius 1 is 1.04 bits per heavy atom. The number of ether oxygens (including phenoxy) is 1. The second-order valence-electron chi connectivity index (χ2n) is 5.95. The predicted molar refractivity (Wildman–Crippen MR) is 108 cm³/mol. The molecule has 0 heterocycles. The SMILES string of the molecule is Cc1ccc(NCc2cc(Br)ccc2OCc2ccccc2F)cc1Cl. The molecule has 0 unspecified atom stereocenters. The minimum absolute atomic E-state index is 0.178. The lowest BCUT2D eigenvalue weighted by atomic mass is 10.1. The van der Waals surface area contributed by atoms with Gasteiger partial charge in [-0.05, 0) is 48.9 Å². The highest BCUT2D eigenvalue weighted by atomic mass is 79.9. The van der Waals surface area contributed by atoms with Crippen LogP contribution in [0.25, 0.3) is 0 Å². The van der Waals surface area contributed by atoms with E-state index in [1.165, 1.54) is 6.07 Å². The van der Waals surface area contributed by atoms with Crippen LogP contribution in [0, 0.1) is 12.7 Å². The lowest BCUT2D eigenvalue weighted by Crippen LogP contribution is -2.05. The van der Waals surface area contributed by atoms with Gasteiger partial charge in [-0.1, -0.05) is 51.8 Å². The standard InChI is InChI=1S/C21H18BrClFNO/c1-14-6-8-18(11-19(14)23)25-12-16-10-17(22)7-9-21(16)26-13-15-4-2-3-5-20(15)24/h2-11,25H,12-13H2,1H3. The van der Waals surface area contributed by atoms with Crippen molar-refractivity contribution in [2.75, 3.05) is 5.32 Å². The van der Waals surface area contributed by atoms with E-state index in [1.807, 2.05) is 43.3 Å². The normalized spacial score (nSPS) is 10.6. The fourth-order valence-electron chi connectivity index (χ4n) is 2.50. The summed E-state index contributed by atoms with van der Waals surface area (Å²) in [6, 6.07) is 18.2. The van der Waals surface area contributed by atoms with Crippen LogP contribution in [0.5, 0.6) is 5.75 Å². The van der Waals surface area contributed by atoms with Gasteiger partial charge in [-0.3, -0.25) is 0 Å². The van der Waals surface area contributed by atoms with Crippen molar-refractivity contribution >= 4 is 33.2 Å². The van der Waals surface area contributed by atoms with Gasteiger partial charge in [0.25, 0.3) is 0 Å². The summed E-state index contributed by atoms with van der Waals surface area (Å²) in [7, 11) is 0. The third kappa shape index (κ3) is 4.77. The number of rotatable bonds is 6. The van der Waals surface area contributed by atoms with Gasteiger partial charge in [0.15, 0.2) is 0 Å². The van der Waals surface area contributed by atoms with Crippen molar-refractivity contribution in [2.45, 2.75) is 20.1 Å². The first-order valence-corrected chi connectivity index (χ1v) is 9.34. The van der Waals surface area contributed by atoms with Crippen LogP contribution in [0.1, 0.15) is 16.7 Å². The number of anilines is 1. The van der Waals surface area contributed by atoms with E-state index in [1.54, 1.807) is 18.2 Å². The molecule has 0 aliphatic heterocycles. The summed E-state index contributed by atoms with van der Waals surface area (Å²) in [5.74, 6) is 0.445. The van der Waals surface area contributed by atoms with Crippen LogP contribution in [0.2, 0.25) is 5.02 Å². The summed E-state index contributed by atoms with van der Waals surface area (Å²) in [5, 5.41) is 4.07. The molecule has 3 aromatic carbocycles. The molecule has 0 amide bonds. The van der Waals surface area contributed by atoms with E-state index in [4.69, 9.17) is 16.3 Å². The Balaban J connectivity index is 1.73. The van der Waals surface area contributed by atoms with Gasteiger partial charge in [0.2, 0.25) is 0 Å². The Hall–Kier alpha value is -2.04. The Labute approximate surface area is 166 Å². The van der Waals surface area contributed by atoms with Crippen molar-refractivity contribution in [3.8, 4) is 5.75 Å². The zero-order valence-corrected chi connectivity index (χ0v) is 16.6. The molecule has 0 saturated heterocycles. The molecule has 5 heteroatoms. The molecule has 3 rings (SSSR count). The maximum atomic E-state index is 13.8. The van der Waals surface area contributed by atoms with Crippen LogP contribution >= 0.6 is 27.5 Å². The van der Waals surface area contributed by atoms with Crippen molar-refractivity contribution in [3.63, 3.8) is 0 Å². The van der Waals surface area contributed by atoms with Crippen LogP contribution in [0.15, 0.2) is 65.1 Å². The Morgan fingerprint density at radius 3 is 2.62 bits per heavy atom. The highest BCUT2D eigenvalue weighted by molar-refractivity contribution is 9.10. The second kappa shape index (κ2) is 8.56. The highest BCUT2D eigenvalue weighted by Crippen LogP contribution is 2.26. The van der Waals surface area contributed by atoms with E-state index in [0.29, 0.717) is 17.9 Å². The largest absolute Gasteiger partial charge is 0.488 e. The van der Waals surface area contributed by atoms with Crippen LogP contribution in [0.3, 0.4) is 0 Å². The molecule has 0 spiro atoms. The Morgan fingerprint density at radius 2 is 1.85 bits per heavy atom. The minimum atomic E-state index is -0.265. The summed E-state index contributed by atoms with van der Waals surface area (Å²) in [5.41, 5.74) is 3.46. The fourth-order valence-corrected chi connectivity index (χ4v) is 3.09. The second-order valence-corrected chi connectivity index (χ2v) is 7.27. The average Bonchev–Trinajstić information content (AvgIpc) is 2.63. The summed E-state index contributed by atoms with van der Waals surface area (Å²) < 4.78 is 20.6. The molecule has 0 saturated carbocycles. The molecule has 0 aliphatic carbocycles. The zero-order chi connectivity index (χ0) is 18.5. The molecule has 0 radical (unpaired) electrons. The number of nitrogens with one attached hydrogen (secondary N) is 1. The van der Waals surface area contributed by atoms with E-state index in [2.05, 4.69) is 21.2 Å². The summed E-state index contributed by atoms with van der Waals surface area (Å²) >= 11 is 9.66. The first-order chi connectivity index (χ1) is 12.5.